The normalized spacial score (nSPS) is 18.8. The Labute approximate surface area is 80.4 Å². The van der Waals surface area contributed by atoms with Crippen LogP contribution in [0.3, 0.4) is 0 Å². The molecule has 80 valence electrons. The number of amides is 1. The van der Waals surface area contributed by atoms with Crippen LogP contribution < -0.4 is 0 Å². The van der Waals surface area contributed by atoms with Gasteiger partial charge in [-0.2, -0.15) is 13.2 Å². The fourth-order valence-corrected chi connectivity index (χ4v) is 1.37. The van der Waals surface area contributed by atoms with Crippen LogP contribution in [0.25, 0.3) is 0 Å². The summed E-state index contributed by atoms with van der Waals surface area (Å²) in [6.45, 7) is 3.90. The summed E-state index contributed by atoms with van der Waals surface area (Å²) in [6, 6.07) is 0. The molecule has 0 aromatic carbocycles. The van der Waals surface area contributed by atoms with Crippen molar-refractivity contribution in [3.8, 4) is 0 Å². The second kappa shape index (κ2) is 3.63. The number of halogens is 3. The van der Waals surface area contributed by atoms with E-state index in [0.29, 0.717) is 6.42 Å². The maximum atomic E-state index is 12.1. The van der Waals surface area contributed by atoms with E-state index in [4.69, 9.17) is 0 Å². The molecule has 0 bridgehead atoms. The van der Waals surface area contributed by atoms with Gasteiger partial charge in [-0.1, -0.05) is 11.1 Å². The lowest BCUT2D eigenvalue weighted by atomic mass is 10.0. The smallest absolute Gasteiger partial charge is 0.331 e. The van der Waals surface area contributed by atoms with Crippen molar-refractivity contribution >= 4 is 5.91 Å². The highest BCUT2D eigenvalue weighted by molar-refractivity contribution is 5.82. The Balaban J connectivity index is 2.71. The van der Waals surface area contributed by atoms with Crippen LogP contribution in [0.15, 0.2) is 11.1 Å². The Morgan fingerprint density at radius 2 is 1.86 bits per heavy atom. The van der Waals surface area contributed by atoms with Gasteiger partial charge in [-0.25, -0.2) is 0 Å². The molecule has 1 aliphatic rings. The first-order valence-electron chi connectivity index (χ1n) is 4.33. The van der Waals surface area contributed by atoms with Crippen molar-refractivity contribution in [2.24, 2.45) is 0 Å². The molecule has 0 aromatic rings. The van der Waals surface area contributed by atoms with Gasteiger partial charge in [0.1, 0.15) is 0 Å². The molecule has 0 atom stereocenters. The molecule has 1 aliphatic heterocycles. The Bertz CT molecular complexity index is 280. The van der Waals surface area contributed by atoms with Gasteiger partial charge in [-0.05, 0) is 20.3 Å². The van der Waals surface area contributed by atoms with Gasteiger partial charge in [0.2, 0.25) is 0 Å². The van der Waals surface area contributed by atoms with Crippen molar-refractivity contribution in [2.45, 2.75) is 26.4 Å². The van der Waals surface area contributed by atoms with E-state index in [1.165, 1.54) is 0 Å². The van der Waals surface area contributed by atoms with Crippen LogP contribution in [0.4, 0.5) is 13.2 Å². The quantitative estimate of drug-likeness (QED) is 0.557. The first-order valence-corrected chi connectivity index (χ1v) is 4.33. The second-order valence-electron chi connectivity index (χ2n) is 3.54. The maximum absolute atomic E-state index is 12.1. The van der Waals surface area contributed by atoms with Crippen LogP contribution in [0, 0.1) is 0 Å². The average Bonchev–Trinajstić information content (AvgIpc) is 2.07. The zero-order valence-electron chi connectivity index (χ0n) is 8.11. The molecule has 1 heterocycles. The van der Waals surface area contributed by atoms with Gasteiger partial charge in [0.15, 0.2) is 0 Å². The summed E-state index contributed by atoms with van der Waals surface area (Å²) in [5.41, 5.74) is 1.94. The predicted octanol–water partition coefficient (Wildman–Crippen LogP) is 2.12. The standard InChI is InChI=1S/C9H12F3NO/c1-6-3-4-13(5-7(6)2)8(14)9(10,11)12/h3-5H2,1-2H3. The molecule has 0 spiro atoms. The van der Waals surface area contributed by atoms with Gasteiger partial charge in [-0.15, -0.1) is 0 Å². The van der Waals surface area contributed by atoms with E-state index in [-0.39, 0.29) is 13.1 Å². The zero-order valence-corrected chi connectivity index (χ0v) is 8.11. The number of carbonyl (C=O) groups excluding carboxylic acids is 1. The van der Waals surface area contributed by atoms with Crippen LogP contribution in [0.1, 0.15) is 20.3 Å². The van der Waals surface area contributed by atoms with E-state index in [9.17, 15) is 18.0 Å². The minimum Gasteiger partial charge on any atom is -0.331 e. The van der Waals surface area contributed by atoms with Crippen molar-refractivity contribution in [1.29, 1.82) is 0 Å². The van der Waals surface area contributed by atoms with E-state index in [0.717, 1.165) is 16.0 Å². The molecule has 0 N–H and O–H groups in total. The highest BCUT2D eigenvalue weighted by atomic mass is 19.4. The summed E-state index contributed by atoms with van der Waals surface area (Å²) < 4.78 is 36.2. The van der Waals surface area contributed by atoms with E-state index in [1.54, 1.807) is 6.92 Å². The first-order chi connectivity index (χ1) is 6.32. The highest BCUT2D eigenvalue weighted by Crippen LogP contribution is 2.23. The van der Waals surface area contributed by atoms with Gasteiger partial charge in [0.25, 0.3) is 0 Å². The van der Waals surface area contributed by atoms with Gasteiger partial charge < -0.3 is 4.90 Å². The van der Waals surface area contributed by atoms with Gasteiger partial charge in [0, 0.05) is 13.1 Å². The number of hydrogen-bond acceptors (Lipinski definition) is 1. The summed E-state index contributed by atoms with van der Waals surface area (Å²) in [7, 11) is 0. The predicted molar refractivity (Wildman–Crippen MR) is 45.6 cm³/mol. The first kappa shape index (κ1) is 11.1. The largest absolute Gasteiger partial charge is 0.471 e. The van der Waals surface area contributed by atoms with Crippen LogP contribution in [-0.4, -0.2) is 30.1 Å². The number of alkyl halides is 3. The molecule has 0 saturated heterocycles. The van der Waals surface area contributed by atoms with E-state index in [1.807, 2.05) is 6.92 Å². The highest BCUT2D eigenvalue weighted by Gasteiger charge is 2.42. The average molecular weight is 207 g/mol. The molecular weight excluding hydrogens is 195 g/mol. The third kappa shape index (κ3) is 2.27. The van der Waals surface area contributed by atoms with Crippen molar-refractivity contribution in [2.75, 3.05) is 13.1 Å². The molecule has 14 heavy (non-hydrogen) atoms. The fraction of sp³-hybridized carbons (Fsp3) is 0.667. The summed E-state index contributed by atoms with van der Waals surface area (Å²) >= 11 is 0. The number of nitrogens with zero attached hydrogens (tertiary/aromatic N) is 1. The molecule has 0 aromatic heterocycles. The van der Waals surface area contributed by atoms with E-state index >= 15 is 0 Å². The van der Waals surface area contributed by atoms with Crippen LogP contribution in [-0.2, 0) is 4.79 Å². The Kier molecular flexibility index (Phi) is 2.87. The number of rotatable bonds is 0. The van der Waals surface area contributed by atoms with Gasteiger partial charge in [0.05, 0.1) is 0 Å². The fourth-order valence-electron chi connectivity index (χ4n) is 1.37. The molecule has 0 saturated carbocycles. The van der Waals surface area contributed by atoms with Crippen LogP contribution >= 0.6 is 0 Å². The lowest BCUT2D eigenvalue weighted by Gasteiger charge is -2.29. The van der Waals surface area contributed by atoms with Gasteiger partial charge >= 0.3 is 12.1 Å². The van der Waals surface area contributed by atoms with Crippen molar-refractivity contribution < 1.29 is 18.0 Å². The summed E-state index contributed by atoms with van der Waals surface area (Å²) in [6.07, 6.45) is -4.21. The SMILES string of the molecule is CC1=C(C)CN(C(=O)C(F)(F)F)CC1. The van der Waals surface area contributed by atoms with Crippen molar-refractivity contribution in [3.05, 3.63) is 11.1 Å². The Morgan fingerprint density at radius 3 is 2.29 bits per heavy atom. The molecule has 1 amide bonds. The van der Waals surface area contributed by atoms with E-state index in [2.05, 4.69) is 0 Å². The monoisotopic (exact) mass is 207 g/mol. The molecule has 1 rings (SSSR count). The van der Waals surface area contributed by atoms with Gasteiger partial charge in [-0.3, -0.25) is 4.79 Å². The molecule has 0 radical (unpaired) electrons. The molecule has 5 heteroatoms. The molecule has 0 aliphatic carbocycles. The third-order valence-electron chi connectivity index (χ3n) is 2.44. The number of carbonyl (C=O) groups is 1. The lowest BCUT2D eigenvalue weighted by molar-refractivity contribution is -0.185. The molecule has 2 nitrogen and oxygen atoms in total. The summed E-state index contributed by atoms with van der Waals surface area (Å²) in [5.74, 6) is -1.73. The topological polar surface area (TPSA) is 20.3 Å². The molecule has 0 fully saturated rings. The minimum absolute atomic E-state index is 0.101. The minimum atomic E-state index is -4.74. The van der Waals surface area contributed by atoms with Crippen molar-refractivity contribution in [3.63, 3.8) is 0 Å². The Morgan fingerprint density at radius 1 is 1.29 bits per heavy atom. The van der Waals surface area contributed by atoms with Crippen LogP contribution in [0.5, 0.6) is 0 Å². The molecular formula is C9H12F3NO. The summed E-state index contributed by atoms with van der Waals surface area (Å²) in [5, 5.41) is 0. The van der Waals surface area contributed by atoms with Crippen molar-refractivity contribution in [1.82, 2.24) is 4.90 Å². The second-order valence-corrected chi connectivity index (χ2v) is 3.54. The van der Waals surface area contributed by atoms with E-state index < -0.39 is 12.1 Å². The summed E-state index contributed by atoms with van der Waals surface area (Å²) in [4.78, 5) is 11.7. The zero-order chi connectivity index (χ0) is 10.9. The molecule has 0 unspecified atom stereocenters. The Hall–Kier alpha value is -1.00. The number of hydrogen-bond donors (Lipinski definition) is 0. The van der Waals surface area contributed by atoms with Crippen LogP contribution in [0.2, 0.25) is 0 Å². The maximum Gasteiger partial charge on any atom is 0.471 e. The lowest BCUT2D eigenvalue weighted by Crippen LogP contribution is -2.44. The third-order valence-corrected chi connectivity index (χ3v) is 2.44.